The lowest BCUT2D eigenvalue weighted by molar-refractivity contribution is 0.227. The maximum Gasteiger partial charge on any atom is 0.166 e. The molecule has 6 rings (SSSR count). The smallest absolute Gasteiger partial charge is 0.166 e. The Morgan fingerprint density at radius 1 is 1.24 bits per heavy atom. The number of benzene rings is 1. The highest BCUT2D eigenvalue weighted by Gasteiger charge is 2.35. The minimum atomic E-state index is -0.512. The van der Waals surface area contributed by atoms with Crippen LogP contribution in [0.3, 0.4) is 0 Å². The number of nitrogen functional groups attached to an aromatic ring is 1. The second-order valence-electron chi connectivity index (χ2n) is 8.66. The van der Waals surface area contributed by atoms with Crippen LogP contribution in [0, 0.1) is 17.1 Å². The number of ether oxygens (including phenoxy) is 1. The number of hydrogen-bond donors (Lipinski definition) is 1. The fourth-order valence-corrected chi connectivity index (χ4v) is 5.24. The molecule has 0 saturated carbocycles. The summed E-state index contributed by atoms with van der Waals surface area (Å²) in [5.74, 6) is 0.316. The number of hydrogen-bond acceptors (Lipinski definition) is 6. The van der Waals surface area contributed by atoms with E-state index < -0.39 is 6.10 Å². The summed E-state index contributed by atoms with van der Waals surface area (Å²) in [6, 6.07) is 12.8. The van der Waals surface area contributed by atoms with Crippen molar-refractivity contribution < 1.29 is 9.13 Å². The molecule has 2 N–H and O–H groups in total. The van der Waals surface area contributed by atoms with Crippen LogP contribution in [-0.2, 0) is 13.0 Å². The molecule has 0 radical (unpaired) electrons. The summed E-state index contributed by atoms with van der Waals surface area (Å²) in [5, 5.41) is 14.2. The monoisotopic (exact) mass is 452 g/mol. The van der Waals surface area contributed by atoms with E-state index in [1.54, 1.807) is 23.1 Å². The second-order valence-corrected chi connectivity index (χ2v) is 8.66. The zero-order valence-corrected chi connectivity index (χ0v) is 18.5. The van der Waals surface area contributed by atoms with Gasteiger partial charge in [-0.1, -0.05) is 6.07 Å². The van der Waals surface area contributed by atoms with Crippen LogP contribution < -0.4 is 10.5 Å². The van der Waals surface area contributed by atoms with Crippen LogP contribution >= 0.6 is 0 Å². The number of nitriles is 1. The lowest BCUT2D eigenvalue weighted by Crippen LogP contribution is -2.12. The molecule has 4 aromatic rings. The summed E-state index contributed by atoms with van der Waals surface area (Å²) in [4.78, 5) is 9.12. The first-order chi connectivity index (χ1) is 16.5. The molecule has 3 aromatic heterocycles. The average molecular weight is 452 g/mol. The van der Waals surface area contributed by atoms with Crippen molar-refractivity contribution in [3.8, 4) is 34.3 Å². The number of fused-ring (bicyclic) bond motifs is 7. The number of pyridine rings is 2. The lowest BCUT2D eigenvalue weighted by Gasteiger charge is -2.24. The quantitative estimate of drug-likeness (QED) is 0.446. The van der Waals surface area contributed by atoms with Crippen LogP contribution in [0.4, 0.5) is 10.2 Å². The molecular weight excluding hydrogens is 431 g/mol. The van der Waals surface area contributed by atoms with Crippen LogP contribution in [-0.4, -0.2) is 19.7 Å². The molecule has 0 fully saturated rings. The van der Waals surface area contributed by atoms with Crippen LogP contribution in [0.2, 0.25) is 0 Å². The molecular formula is C26H21FN6O. The maximum atomic E-state index is 14.4. The summed E-state index contributed by atoms with van der Waals surface area (Å²) in [7, 11) is 0. The zero-order valence-electron chi connectivity index (χ0n) is 18.5. The van der Waals surface area contributed by atoms with Gasteiger partial charge in [-0.2, -0.15) is 10.4 Å². The number of rotatable bonds is 1. The number of nitrogens with two attached hydrogens (primary N) is 1. The number of aromatic nitrogens is 4. The maximum absolute atomic E-state index is 14.4. The van der Waals surface area contributed by atoms with Gasteiger partial charge >= 0.3 is 0 Å². The fraction of sp³-hybridized carbons (Fsp3) is 0.231. The highest BCUT2D eigenvalue weighted by molar-refractivity contribution is 5.74. The van der Waals surface area contributed by atoms with Gasteiger partial charge in [0, 0.05) is 40.6 Å². The Morgan fingerprint density at radius 3 is 2.97 bits per heavy atom. The molecule has 1 aromatic carbocycles. The first-order valence-corrected chi connectivity index (χ1v) is 11.2. The number of nitrogens with zero attached hydrogens (tertiary/aromatic N) is 5. The summed E-state index contributed by atoms with van der Waals surface area (Å²) in [6.45, 7) is 1.98. The van der Waals surface area contributed by atoms with E-state index in [-0.39, 0.29) is 24.1 Å². The Kier molecular flexibility index (Phi) is 4.59. The summed E-state index contributed by atoms with van der Waals surface area (Å²) in [5.41, 5.74) is 13.2. The molecule has 34 heavy (non-hydrogen) atoms. The predicted octanol–water partition coefficient (Wildman–Crippen LogP) is 4.78. The van der Waals surface area contributed by atoms with E-state index in [1.165, 1.54) is 12.1 Å². The summed E-state index contributed by atoms with van der Waals surface area (Å²) < 4.78 is 22.4. The van der Waals surface area contributed by atoms with Gasteiger partial charge in [0.2, 0.25) is 0 Å². The molecule has 1 aliphatic heterocycles. The van der Waals surface area contributed by atoms with E-state index in [0.29, 0.717) is 11.3 Å². The SMILES string of the molecule is C[C@H]1Oc2cc(cnc2N)-c2c3c(nn2CC#N)CCC3c2cccnc2-c2ccc(F)cc21. The highest BCUT2D eigenvalue weighted by atomic mass is 19.1. The molecule has 1 unspecified atom stereocenters. The molecule has 2 bridgehead atoms. The van der Waals surface area contributed by atoms with Crippen LogP contribution in [0.1, 0.15) is 47.8 Å². The van der Waals surface area contributed by atoms with Crippen LogP contribution in [0.5, 0.6) is 5.75 Å². The third-order valence-electron chi connectivity index (χ3n) is 6.68. The van der Waals surface area contributed by atoms with E-state index in [4.69, 9.17) is 20.6 Å². The molecule has 7 nitrogen and oxygen atoms in total. The lowest BCUT2D eigenvalue weighted by atomic mass is 9.86. The van der Waals surface area contributed by atoms with Gasteiger partial charge in [-0.3, -0.25) is 9.67 Å². The van der Waals surface area contributed by atoms with Crippen molar-refractivity contribution in [3.05, 3.63) is 77.0 Å². The number of halogens is 1. The summed E-state index contributed by atoms with van der Waals surface area (Å²) in [6.07, 6.45) is 4.59. The van der Waals surface area contributed by atoms with Gasteiger partial charge < -0.3 is 10.5 Å². The zero-order chi connectivity index (χ0) is 23.4. The van der Waals surface area contributed by atoms with Gasteiger partial charge in [0.05, 0.1) is 23.2 Å². The average Bonchev–Trinajstić information content (AvgIpc) is 3.39. The highest BCUT2D eigenvalue weighted by Crippen LogP contribution is 2.47. The van der Waals surface area contributed by atoms with Gasteiger partial charge in [0.25, 0.3) is 0 Å². The van der Waals surface area contributed by atoms with Gasteiger partial charge in [-0.25, -0.2) is 9.37 Å². The van der Waals surface area contributed by atoms with Crippen LogP contribution in [0.25, 0.3) is 22.5 Å². The number of anilines is 1. The molecule has 2 aliphatic rings. The second kappa shape index (κ2) is 7.66. The molecule has 1 aliphatic carbocycles. The topological polar surface area (TPSA) is 103 Å². The van der Waals surface area contributed by atoms with Crippen molar-refractivity contribution in [2.45, 2.75) is 38.3 Å². The van der Waals surface area contributed by atoms with Gasteiger partial charge in [-0.15, -0.1) is 0 Å². The van der Waals surface area contributed by atoms with Crippen molar-refractivity contribution in [1.82, 2.24) is 19.7 Å². The van der Waals surface area contributed by atoms with E-state index >= 15 is 0 Å². The molecule has 8 heteroatoms. The van der Waals surface area contributed by atoms with Crippen LogP contribution in [0.15, 0.2) is 48.8 Å². The van der Waals surface area contributed by atoms with Crippen molar-refractivity contribution in [2.75, 3.05) is 5.73 Å². The van der Waals surface area contributed by atoms with E-state index in [0.717, 1.165) is 52.2 Å². The Bertz CT molecular complexity index is 1490. The Hall–Kier alpha value is -4.25. The minimum absolute atomic E-state index is 0.0238. The van der Waals surface area contributed by atoms with Crippen molar-refractivity contribution >= 4 is 5.82 Å². The van der Waals surface area contributed by atoms with Crippen molar-refractivity contribution in [3.63, 3.8) is 0 Å². The normalized spacial score (nSPS) is 17.9. The van der Waals surface area contributed by atoms with Crippen molar-refractivity contribution in [2.24, 2.45) is 0 Å². The molecule has 168 valence electrons. The first-order valence-electron chi connectivity index (χ1n) is 11.2. The first kappa shape index (κ1) is 20.4. The third kappa shape index (κ3) is 3.05. The van der Waals surface area contributed by atoms with Gasteiger partial charge in [0.15, 0.2) is 11.6 Å². The van der Waals surface area contributed by atoms with E-state index in [2.05, 4.69) is 17.1 Å². The number of aryl methyl sites for hydroxylation is 1. The Labute approximate surface area is 195 Å². The van der Waals surface area contributed by atoms with Gasteiger partial charge in [0.1, 0.15) is 18.5 Å². The Balaban J connectivity index is 1.70. The third-order valence-corrected chi connectivity index (χ3v) is 6.68. The molecule has 0 amide bonds. The van der Waals surface area contributed by atoms with Gasteiger partial charge in [-0.05, 0) is 55.7 Å². The Morgan fingerprint density at radius 2 is 2.12 bits per heavy atom. The molecule has 0 saturated heterocycles. The predicted molar refractivity (Wildman–Crippen MR) is 124 cm³/mol. The minimum Gasteiger partial charge on any atom is -0.482 e. The fourth-order valence-electron chi connectivity index (χ4n) is 5.24. The van der Waals surface area contributed by atoms with Crippen molar-refractivity contribution in [1.29, 1.82) is 5.26 Å². The molecule has 0 spiro atoms. The molecule has 4 heterocycles. The standard InChI is InChI=1S/C26H21FN6O/c1-14-20-12-16(27)4-5-19(20)24-18(3-2-9-30-24)17-6-7-21-23(17)25(33(32-21)10-8-28)15-11-22(34-14)26(29)31-13-15/h2-5,9,11-14,17H,6-7,10H2,1H3,(H2,29,31)/t14-,17?/m1/s1. The summed E-state index contributed by atoms with van der Waals surface area (Å²) >= 11 is 0. The largest absolute Gasteiger partial charge is 0.482 e. The van der Waals surface area contributed by atoms with E-state index in [9.17, 15) is 9.65 Å². The molecule has 2 atom stereocenters. The van der Waals surface area contributed by atoms with E-state index in [1.807, 2.05) is 19.1 Å².